The number of anilines is 1. The minimum Gasteiger partial charge on any atom is -0.487 e. The predicted molar refractivity (Wildman–Crippen MR) is 119 cm³/mol. The molecule has 7 nitrogen and oxygen atoms in total. The van der Waals surface area contributed by atoms with Crippen molar-refractivity contribution in [2.75, 3.05) is 17.1 Å². The SMILES string of the molecule is CCC1(CC)C[C@H](NC(=O)[C@H]2CN(S(C)(=O)=O)c3ccccc3O2)c2ccccc2O1. The van der Waals surface area contributed by atoms with Crippen LogP contribution in [0.15, 0.2) is 48.5 Å². The zero-order valence-corrected chi connectivity index (χ0v) is 18.8. The van der Waals surface area contributed by atoms with Gasteiger partial charge in [-0.25, -0.2) is 8.42 Å². The van der Waals surface area contributed by atoms with Crippen molar-refractivity contribution in [3.05, 3.63) is 54.1 Å². The van der Waals surface area contributed by atoms with Crippen molar-refractivity contribution < 1.29 is 22.7 Å². The van der Waals surface area contributed by atoms with Gasteiger partial charge in [-0.15, -0.1) is 0 Å². The average molecular weight is 445 g/mol. The summed E-state index contributed by atoms with van der Waals surface area (Å²) in [6.07, 6.45) is 2.47. The molecular formula is C23H28N2O5S. The fraction of sp³-hybridized carbons (Fsp3) is 0.435. The van der Waals surface area contributed by atoms with E-state index in [2.05, 4.69) is 19.2 Å². The first-order valence-corrected chi connectivity index (χ1v) is 12.4. The van der Waals surface area contributed by atoms with Crippen LogP contribution in [0, 0.1) is 0 Å². The van der Waals surface area contributed by atoms with E-state index < -0.39 is 16.1 Å². The maximum absolute atomic E-state index is 13.2. The Labute approximate surface area is 183 Å². The molecular weight excluding hydrogens is 416 g/mol. The van der Waals surface area contributed by atoms with Crippen LogP contribution in [0.1, 0.15) is 44.7 Å². The number of amides is 1. The van der Waals surface area contributed by atoms with Gasteiger partial charge in [-0.2, -0.15) is 0 Å². The molecule has 2 aliphatic rings. The maximum Gasteiger partial charge on any atom is 0.263 e. The van der Waals surface area contributed by atoms with E-state index in [0.717, 1.165) is 30.4 Å². The van der Waals surface area contributed by atoms with Gasteiger partial charge in [0.25, 0.3) is 5.91 Å². The predicted octanol–water partition coefficient (Wildman–Crippen LogP) is 3.41. The zero-order chi connectivity index (χ0) is 22.2. The van der Waals surface area contributed by atoms with Gasteiger partial charge in [-0.05, 0) is 31.0 Å². The standard InChI is InChI=1S/C23H28N2O5S/c1-4-23(5-2)14-17(16-10-6-8-12-19(16)30-23)24-22(26)21-15-25(31(3,27)28)18-11-7-9-13-20(18)29-21/h6-13,17,21H,4-5,14-15H2,1-3H3,(H,24,26)/t17-,21+/m0/s1. The van der Waals surface area contributed by atoms with Crippen LogP contribution in [0.2, 0.25) is 0 Å². The minimum absolute atomic E-state index is 0.0702. The molecule has 2 aromatic rings. The van der Waals surface area contributed by atoms with Crippen molar-refractivity contribution in [2.24, 2.45) is 0 Å². The van der Waals surface area contributed by atoms with E-state index in [9.17, 15) is 13.2 Å². The molecule has 31 heavy (non-hydrogen) atoms. The number of carbonyl (C=O) groups excluding carboxylic acids is 1. The third kappa shape index (κ3) is 4.08. The second-order valence-corrected chi connectivity index (χ2v) is 10.1. The van der Waals surface area contributed by atoms with Crippen LogP contribution in [0.25, 0.3) is 0 Å². The number of para-hydroxylation sites is 3. The second-order valence-electron chi connectivity index (χ2n) is 8.16. The molecule has 4 rings (SSSR count). The molecule has 1 amide bonds. The highest BCUT2D eigenvalue weighted by Gasteiger charge is 2.41. The van der Waals surface area contributed by atoms with Crippen LogP contribution in [0.4, 0.5) is 5.69 Å². The van der Waals surface area contributed by atoms with Gasteiger partial charge in [0.05, 0.1) is 24.5 Å². The van der Waals surface area contributed by atoms with Crippen LogP contribution in [-0.4, -0.2) is 38.8 Å². The number of benzene rings is 2. The normalized spacial score (nSPS) is 21.8. The maximum atomic E-state index is 13.2. The Morgan fingerprint density at radius 1 is 1.10 bits per heavy atom. The Hall–Kier alpha value is -2.74. The number of hydrogen-bond acceptors (Lipinski definition) is 5. The highest BCUT2D eigenvalue weighted by Crippen LogP contribution is 2.43. The molecule has 0 bridgehead atoms. The van der Waals surface area contributed by atoms with Gasteiger partial charge < -0.3 is 14.8 Å². The van der Waals surface area contributed by atoms with Gasteiger partial charge in [0, 0.05) is 12.0 Å². The van der Waals surface area contributed by atoms with E-state index in [1.54, 1.807) is 24.3 Å². The summed E-state index contributed by atoms with van der Waals surface area (Å²) in [6, 6.07) is 14.3. The molecule has 1 N–H and O–H groups in total. The Morgan fingerprint density at radius 2 is 1.74 bits per heavy atom. The fourth-order valence-corrected chi connectivity index (χ4v) is 5.26. The van der Waals surface area contributed by atoms with Crippen molar-refractivity contribution in [2.45, 2.75) is 50.9 Å². The molecule has 0 radical (unpaired) electrons. The number of nitrogens with zero attached hydrogens (tertiary/aromatic N) is 1. The van der Waals surface area contributed by atoms with E-state index in [0.29, 0.717) is 17.9 Å². The summed E-state index contributed by atoms with van der Waals surface area (Å²) in [6.45, 7) is 4.10. The number of hydrogen-bond donors (Lipinski definition) is 1. The van der Waals surface area contributed by atoms with Gasteiger partial charge >= 0.3 is 0 Å². The van der Waals surface area contributed by atoms with Crippen LogP contribution in [0.3, 0.4) is 0 Å². The van der Waals surface area contributed by atoms with E-state index in [1.165, 1.54) is 4.31 Å². The summed E-state index contributed by atoms with van der Waals surface area (Å²) in [5.74, 6) is 0.810. The van der Waals surface area contributed by atoms with Crippen molar-refractivity contribution >= 4 is 21.6 Å². The first kappa shape index (κ1) is 21.5. The lowest BCUT2D eigenvalue weighted by atomic mass is 9.83. The molecule has 0 aromatic heterocycles. The number of rotatable bonds is 5. The highest BCUT2D eigenvalue weighted by molar-refractivity contribution is 7.92. The molecule has 0 saturated carbocycles. The van der Waals surface area contributed by atoms with Crippen LogP contribution < -0.4 is 19.1 Å². The summed E-state index contributed by atoms with van der Waals surface area (Å²) >= 11 is 0. The van der Waals surface area contributed by atoms with Crippen LogP contribution in [0.5, 0.6) is 11.5 Å². The topological polar surface area (TPSA) is 84.9 Å². The van der Waals surface area contributed by atoms with E-state index in [4.69, 9.17) is 9.47 Å². The first-order valence-electron chi connectivity index (χ1n) is 10.6. The lowest BCUT2D eigenvalue weighted by molar-refractivity contribution is -0.129. The summed E-state index contributed by atoms with van der Waals surface area (Å²) in [5, 5.41) is 3.11. The van der Waals surface area contributed by atoms with E-state index >= 15 is 0 Å². The lowest BCUT2D eigenvalue weighted by Gasteiger charge is -2.42. The molecule has 8 heteroatoms. The monoisotopic (exact) mass is 444 g/mol. The Morgan fingerprint density at radius 3 is 2.42 bits per heavy atom. The zero-order valence-electron chi connectivity index (χ0n) is 18.0. The molecule has 0 aliphatic carbocycles. The number of fused-ring (bicyclic) bond motifs is 2. The summed E-state index contributed by atoms with van der Waals surface area (Å²) in [5.41, 5.74) is 1.01. The van der Waals surface area contributed by atoms with Gasteiger partial charge in [-0.3, -0.25) is 9.10 Å². The van der Waals surface area contributed by atoms with Crippen molar-refractivity contribution in [3.8, 4) is 11.5 Å². The van der Waals surface area contributed by atoms with Gasteiger partial charge in [0.1, 0.15) is 17.1 Å². The fourth-order valence-electron chi connectivity index (χ4n) is 4.35. The molecule has 2 aliphatic heterocycles. The summed E-state index contributed by atoms with van der Waals surface area (Å²) < 4.78 is 38.2. The average Bonchev–Trinajstić information content (AvgIpc) is 2.77. The quantitative estimate of drug-likeness (QED) is 0.764. The molecule has 2 aromatic carbocycles. The minimum atomic E-state index is -3.56. The summed E-state index contributed by atoms with van der Waals surface area (Å²) in [4.78, 5) is 13.2. The second kappa shape index (κ2) is 8.07. The third-order valence-electron chi connectivity index (χ3n) is 6.23. The van der Waals surface area contributed by atoms with E-state index in [1.807, 2.05) is 24.3 Å². The van der Waals surface area contributed by atoms with Crippen molar-refractivity contribution in [3.63, 3.8) is 0 Å². The molecule has 166 valence electrons. The number of carbonyl (C=O) groups is 1. The number of ether oxygens (including phenoxy) is 2. The van der Waals surface area contributed by atoms with Crippen molar-refractivity contribution in [1.82, 2.24) is 5.32 Å². The van der Waals surface area contributed by atoms with Crippen LogP contribution in [-0.2, 0) is 14.8 Å². The van der Waals surface area contributed by atoms with Crippen LogP contribution >= 0.6 is 0 Å². The largest absolute Gasteiger partial charge is 0.487 e. The molecule has 0 fully saturated rings. The Balaban J connectivity index is 1.61. The van der Waals surface area contributed by atoms with Gasteiger partial charge in [0.2, 0.25) is 10.0 Å². The molecule has 0 saturated heterocycles. The first-order chi connectivity index (χ1) is 14.8. The molecule has 0 unspecified atom stereocenters. The third-order valence-corrected chi connectivity index (χ3v) is 7.38. The number of nitrogens with one attached hydrogen (secondary N) is 1. The molecule has 2 heterocycles. The van der Waals surface area contributed by atoms with Gasteiger partial charge in [0.15, 0.2) is 6.10 Å². The Kier molecular flexibility index (Phi) is 5.60. The summed E-state index contributed by atoms with van der Waals surface area (Å²) in [7, 11) is -3.56. The molecule has 0 spiro atoms. The highest BCUT2D eigenvalue weighted by atomic mass is 32.2. The lowest BCUT2D eigenvalue weighted by Crippen LogP contribution is -2.52. The number of sulfonamides is 1. The van der Waals surface area contributed by atoms with E-state index in [-0.39, 0.29) is 24.1 Å². The smallest absolute Gasteiger partial charge is 0.263 e. The Bertz CT molecular complexity index is 1080. The van der Waals surface area contributed by atoms with Crippen molar-refractivity contribution in [1.29, 1.82) is 0 Å². The molecule has 2 atom stereocenters. The van der Waals surface area contributed by atoms with Gasteiger partial charge in [-0.1, -0.05) is 44.2 Å².